The highest BCUT2D eigenvalue weighted by molar-refractivity contribution is 14.0. The van der Waals surface area contributed by atoms with Crippen molar-refractivity contribution in [3.63, 3.8) is 0 Å². The van der Waals surface area contributed by atoms with Crippen molar-refractivity contribution in [1.29, 1.82) is 0 Å². The van der Waals surface area contributed by atoms with Gasteiger partial charge in [0, 0.05) is 37.4 Å². The van der Waals surface area contributed by atoms with Crippen LogP contribution in [0.1, 0.15) is 25.3 Å². The number of pyridine rings is 1. The number of benzene rings is 1. The number of phenolic OH excluding ortho intramolecular Hbond substituents is 1. The molecule has 0 amide bonds. The van der Waals surface area contributed by atoms with Gasteiger partial charge in [0.1, 0.15) is 5.82 Å². The lowest BCUT2D eigenvalue weighted by molar-refractivity contribution is 0.370. The van der Waals surface area contributed by atoms with Crippen LogP contribution in [0.5, 0.6) is 11.5 Å². The zero-order valence-corrected chi connectivity index (χ0v) is 19.3. The fraction of sp³-hybridized carbons (Fsp3) is 0.429. The molecule has 1 saturated heterocycles. The summed E-state index contributed by atoms with van der Waals surface area (Å²) in [6.45, 7) is 5.13. The number of aliphatic imine (C=N–C) groups is 1. The molecule has 8 heteroatoms. The largest absolute Gasteiger partial charge is 0.504 e. The molecule has 158 valence electrons. The molecule has 29 heavy (non-hydrogen) atoms. The molecule has 1 fully saturated rings. The van der Waals surface area contributed by atoms with Crippen molar-refractivity contribution >= 4 is 35.8 Å². The normalized spacial score (nSPS) is 14.8. The van der Waals surface area contributed by atoms with E-state index in [1.165, 1.54) is 0 Å². The molecule has 0 atom stereocenters. The molecule has 0 aliphatic carbocycles. The van der Waals surface area contributed by atoms with Gasteiger partial charge in [-0.2, -0.15) is 0 Å². The Bertz CT molecular complexity index is 780. The van der Waals surface area contributed by atoms with Gasteiger partial charge < -0.3 is 25.4 Å². The molecule has 1 aliphatic heterocycles. The minimum absolute atomic E-state index is 0. The van der Waals surface area contributed by atoms with Crippen LogP contribution in [0.3, 0.4) is 0 Å². The Morgan fingerprint density at radius 2 is 2.03 bits per heavy atom. The average molecular weight is 511 g/mol. The first kappa shape index (κ1) is 23.1. The Morgan fingerprint density at radius 3 is 2.69 bits per heavy atom. The number of phenols is 1. The van der Waals surface area contributed by atoms with Gasteiger partial charge in [-0.25, -0.2) is 9.98 Å². The number of nitrogens with zero attached hydrogens (tertiary/aromatic N) is 3. The van der Waals surface area contributed by atoms with Gasteiger partial charge in [0.25, 0.3) is 0 Å². The summed E-state index contributed by atoms with van der Waals surface area (Å²) in [5.41, 5.74) is 0.738. The van der Waals surface area contributed by atoms with E-state index < -0.39 is 0 Å². The molecule has 1 aliphatic rings. The molecule has 1 aromatic heterocycles. The monoisotopic (exact) mass is 511 g/mol. The van der Waals surface area contributed by atoms with Crippen LogP contribution in [0.25, 0.3) is 0 Å². The first-order valence-electron chi connectivity index (χ1n) is 9.77. The summed E-state index contributed by atoms with van der Waals surface area (Å²) in [7, 11) is 1.55. The Balaban J connectivity index is 0.00000300. The second kappa shape index (κ2) is 11.7. The van der Waals surface area contributed by atoms with Crippen molar-refractivity contribution in [2.45, 2.75) is 32.4 Å². The maximum Gasteiger partial charge on any atom is 0.191 e. The van der Waals surface area contributed by atoms with E-state index in [4.69, 9.17) is 4.74 Å². The third-order valence-electron chi connectivity index (χ3n) is 4.86. The van der Waals surface area contributed by atoms with E-state index in [1.54, 1.807) is 13.2 Å². The number of methoxy groups -OCH3 is 1. The molecular formula is C21H30IN5O2. The summed E-state index contributed by atoms with van der Waals surface area (Å²) in [6, 6.07) is 11.8. The van der Waals surface area contributed by atoms with E-state index in [1.807, 2.05) is 37.4 Å². The van der Waals surface area contributed by atoms with E-state index in [0.29, 0.717) is 18.3 Å². The summed E-state index contributed by atoms with van der Waals surface area (Å²) in [5, 5.41) is 17.1. The second-order valence-corrected chi connectivity index (χ2v) is 6.76. The number of hydrogen-bond donors (Lipinski definition) is 3. The number of aromatic hydroxyl groups is 1. The van der Waals surface area contributed by atoms with Crippen LogP contribution in [-0.4, -0.2) is 48.8 Å². The van der Waals surface area contributed by atoms with Crippen LogP contribution in [0.2, 0.25) is 0 Å². The molecule has 0 bridgehead atoms. The fourth-order valence-corrected chi connectivity index (χ4v) is 3.33. The first-order valence-corrected chi connectivity index (χ1v) is 9.77. The third-order valence-corrected chi connectivity index (χ3v) is 4.86. The number of piperidine rings is 1. The summed E-state index contributed by atoms with van der Waals surface area (Å²) >= 11 is 0. The predicted molar refractivity (Wildman–Crippen MR) is 127 cm³/mol. The van der Waals surface area contributed by atoms with E-state index in [2.05, 4.69) is 31.6 Å². The van der Waals surface area contributed by atoms with Gasteiger partial charge >= 0.3 is 0 Å². The number of hydrogen-bond acceptors (Lipinski definition) is 5. The van der Waals surface area contributed by atoms with Crippen LogP contribution >= 0.6 is 24.0 Å². The molecule has 1 aromatic carbocycles. The Kier molecular flexibility index (Phi) is 9.30. The maximum absolute atomic E-state index is 10.2. The van der Waals surface area contributed by atoms with Gasteiger partial charge in [0.05, 0.1) is 13.7 Å². The van der Waals surface area contributed by atoms with Crippen LogP contribution in [-0.2, 0) is 6.54 Å². The quantitative estimate of drug-likeness (QED) is 0.314. The zero-order valence-electron chi connectivity index (χ0n) is 17.0. The van der Waals surface area contributed by atoms with Crippen LogP contribution < -0.4 is 20.3 Å². The molecule has 3 rings (SSSR count). The van der Waals surface area contributed by atoms with Gasteiger partial charge in [-0.05, 0) is 38.0 Å². The maximum atomic E-state index is 10.2. The van der Waals surface area contributed by atoms with Gasteiger partial charge in [-0.1, -0.05) is 18.2 Å². The van der Waals surface area contributed by atoms with Gasteiger partial charge in [-0.3, -0.25) is 0 Å². The van der Waals surface area contributed by atoms with E-state index in [-0.39, 0.29) is 29.7 Å². The van der Waals surface area contributed by atoms with Crippen LogP contribution in [0.4, 0.5) is 5.82 Å². The van der Waals surface area contributed by atoms with Gasteiger partial charge in [0.15, 0.2) is 17.5 Å². The van der Waals surface area contributed by atoms with Crippen molar-refractivity contribution in [1.82, 2.24) is 15.6 Å². The minimum Gasteiger partial charge on any atom is -0.504 e. The number of guanidine groups is 1. The number of ether oxygens (including phenoxy) is 1. The topological polar surface area (TPSA) is 82.0 Å². The highest BCUT2D eigenvalue weighted by Crippen LogP contribution is 2.29. The highest BCUT2D eigenvalue weighted by Gasteiger charge is 2.20. The van der Waals surface area contributed by atoms with E-state index in [0.717, 1.165) is 49.8 Å². The molecule has 0 spiro atoms. The van der Waals surface area contributed by atoms with Crippen molar-refractivity contribution in [3.05, 3.63) is 48.2 Å². The molecule has 3 N–H and O–H groups in total. The summed E-state index contributed by atoms with van der Waals surface area (Å²) in [6.07, 6.45) is 3.88. The lowest BCUT2D eigenvalue weighted by Gasteiger charge is -2.33. The van der Waals surface area contributed by atoms with Crippen molar-refractivity contribution < 1.29 is 9.84 Å². The summed E-state index contributed by atoms with van der Waals surface area (Å²) < 4.78 is 5.17. The number of anilines is 1. The zero-order chi connectivity index (χ0) is 19.8. The lowest BCUT2D eigenvalue weighted by Crippen LogP contribution is -2.48. The first-order chi connectivity index (χ1) is 13.7. The van der Waals surface area contributed by atoms with Gasteiger partial charge in [-0.15, -0.1) is 24.0 Å². The third kappa shape index (κ3) is 6.38. The highest BCUT2D eigenvalue weighted by atomic mass is 127. The molecule has 2 heterocycles. The van der Waals surface area contributed by atoms with Crippen molar-refractivity contribution in [3.8, 4) is 11.5 Å². The smallest absolute Gasteiger partial charge is 0.191 e. The Morgan fingerprint density at radius 1 is 1.24 bits per heavy atom. The second-order valence-electron chi connectivity index (χ2n) is 6.76. The average Bonchev–Trinajstić information content (AvgIpc) is 2.74. The van der Waals surface area contributed by atoms with E-state index in [9.17, 15) is 5.11 Å². The predicted octanol–water partition coefficient (Wildman–Crippen LogP) is 3.14. The standard InChI is InChI=1S/C21H29N5O2.HI/c1-3-22-21(24-15-16-7-6-8-18(28-2)20(16)27)25-17-10-13-26(14-11-17)19-9-4-5-12-23-19;/h4-9,12,17,27H,3,10-11,13-15H2,1-2H3,(H2,22,24,25);1H. The van der Waals surface area contributed by atoms with Gasteiger partial charge in [0.2, 0.25) is 0 Å². The molecule has 7 nitrogen and oxygen atoms in total. The van der Waals surface area contributed by atoms with Crippen LogP contribution in [0, 0.1) is 0 Å². The number of nitrogens with one attached hydrogen (secondary N) is 2. The fourth-order valence-electron chi connectivity index (χ4n) is 3.33. The molecular weight excluding hydrogens is 481 g/mol. The Hall–Kier alpha value is -2.23. The van der Waals surface area contributed by atoms with Crippen LogP contribution in [0.15, 0.2) is 47.6 Å². The summed E-state index contributed by atoms with van der Waals surface area (Å²) in [4.78, 5) is 11.4. The van der Waals surface area contributed by atoms with E-state index >= 15 is 0 Å². The van der Waals surface area contributed by atoms with Crippen molar-refractivity contribution in [2.24, 2.45) is 4.99 Å². The number of aromatic nitrogens is 1. The van der Waals surface area contributed by atoms with Crippen molar-refractivity contribution in [2.75, 3.05) is 31.6 Å². The number of para-hydroxylation sites is 1. The molecule has 0 radical (unpaired) electrons. The Labute approximate surface area is 189 Å². The SMILES string of the molecule is CCNC(=NCc1cccc(OC)c1O)NC1CCN(c2ccccn2)CC1.I. The molecule has 0 unspecified atom stereocenters. The minimum atomic E-state index is 0. The summed E-state index contributed by atoms with van der Waals surface area (Å²) in [5.74, 6) is 2.41. The number of rotatable bonds is 6. The molecule has 0 saturated carbocycles. The molecule has 2 aromatic rings. The lowest BCUT2D eigenvalue weighted by atomic mass is 10.1. The number of halogens is 1.